The van der Waals surface area contributed by atoms with Crippen LogP contribution in [0.2, 0.25) is 5.02 Å². The van der Waals surface area contributed by atoms with E-state index in [0.717, 1.165) is 5.39 Å². The van der Waals surface area contributed by atoms with Gasteiger partial charge in [-0.3, -0.25) is 9.59 Å². The van der Waals surface area contributed by atoms with Gasteiger partial charge in [0.25, 0.3) is 0 Å². The fourth-order valence-electron chi connectivity index (χ4n) is 5.63. The van der Waals surface area contributed by atoms with Crippen molar-refractivity contribution in [1.82, 2.24) is 0 Å². The van der Waals surface area contributed by atoms with Crippen LogP contribution < -0.4 is 29.9 Å². The van der Waals surface area contributed by atoms with E-state index in [1.165, 1.54) is 33.5 Å². The third-order valence-electron chi connectivity index (χ3n) is 7.76. The van der Waals surface area contributed by atoms with Crippen molar-refractivity contribution >= 4 is 39.8 Å². The molecule has 10 heteroatoms. The third kappa shape index (κ3) is 4.11. The minimum atomic E-state index is -1.80. The molecule has 9 nitrogen and oxygen atoms in total. The number of hydrogen-bond donors (Lipinski definition) is 1. The van der Waals surface area contributed by atoms with E-state index in [1.807, 2.05) is 12.1 Å². The van der Waals surface area contributed by atoms with Gasteiger partial charge in [-0.15, -0.1) is 0 Å². The molecule has 0 unspecified atom stereocenters. The quantitative estimate of drug-likeness (QED) is 0.212. The Morgan fingerprint density at radius 3 is 2.38 bits per heavy atom. The van der Waals surface area contributed by atoms with E-state index in [2.05, 4.69) is 5.32 Å². The molecule has 1 aliphatic heterocycles. The largest absolute Gasteiger partial charge is 0.496 e. The summed E-state index contributed by atoms with van der Waals surface area (Å²) < 4.78 is 27.9. The summed E-state index contributed by atoms with van der Waals surface area (Å²) in [5.41, 5.74) is 0.382. The van der Waals surface area contributed by atoms with Gasteiger partial charge in [-0.25, -0.2) is 4.79 Å². The third-order valence-corrected chi connectivity index (χ3v) is 8.12. The summed E-state index contributed by atoms with van der Waals surface area (Å²) in [4.78, 5) is 40.3. The van der Waals surface area contributed by atoms with Crippen LogP contribution in [0.15, 0.2) is 75.6 Å². The number of ether oxygens (including phenoxy) is 4. The number of anilines is 1. The van der Waals surface area contributed by atoms with E-state index in [9.17, 15) is 14.4 Å². The molecule has 1 N–H and O–H groups in total. The molecule has 0 amide bonds. The number of nitrogens with one attached hydrogen (secondary N) is 1. The molecule has 1 aliphatic carbocycles. The molecule has 6 rings (SSSR count). The van der Waals surface area contributed by atoms with E-state index < -0.39 is 28.7 Å². The van der Waals surface area contributed by atoms with Gasteiger partial charge >= 0.3 is 5.63 Å². The van der Waals surface area contributed by atoms with Crippen LogP contribution in [0.25, 0.3) is 22.1 Å². The summed E-state index contributed by atoms with van der Waals surface area (Å²) in [5, 5.41) is 4.14. The zero-order valence-corrected chi connectivity index (χ0v) is 24.0. The van der Waals surface area contributed by atoms with Crippen molar-refractivity contribution in [3.8, 4) is 34.1 Å². The molecule has 214 valence electrons. The van der Waals surface area contributed by atoms with Crippen molar-refractivity contribution in [2.75, 3.05) is 26.6 Å². The van der Waals surface area contributed by atoms with Gasteiger partial charge in [0, 0.05) is 29.1 Å². The van der Waals surface area contributed by atoms with Crippen LogP contribution >= 0.6 is 11.6 Å². The molecule has 3 aromatic carbocycles. The Labute approximate surface area is 245 Å². The van der Waals surface area contributed by atoms with Gasteiger partial charge in [0.1, 0.15) is 33.4 Å². The lowest BCUT2D eigenvalue weighted by molar-refractivity contribution is -0.129. The molecule has 0 bridgehead atoms. The van der Waals surface area contributed by atoms with Gasteiger partial charge < -0.3 is 28.7 Å². The minimum absolute atomic E-state index is 0.0615. The van der Waals surface area contributed by atoms with Crippen molar-refractivity contribution in [2.45, 2.75) is 18.9 Å². The molecule has 2 atom stereocenters. The highest BCUT2D eigenvalue weighted by molar-refractivity contribution is 6.36. The normalized spacial score (nSPS) is 19.4. The Balaban J connectivity index is 1.35. The predicted molar refractivity (Wildman–Crippen MR) is 157 cm³/mol. The average Bonchev–Trinajstić information content (AvgIpc) is 3.30. The second-order valence-electron chi connectivity index (χ2n) is 10.1. The van der Waals surface area contributed by atoms with Crippen molar-refractivity contribution in [2.24, 2.45) is 5.92 Å². The number of fused-ring (bicyclic) bond motifs is 2. The van der Waals surface area contributed by atoms with Crippen LogP contribution in [0.5, 0.6) is 23.0 Å². The molecule has 0 radical (unpaired) electrons. The minimum Gasteiger partial charge on any atom is -0.496 e. The number of allylic oxidation sites excluding steroid dienone is 1. The van der Waals surface area contributed by atoms with Crippen molar-refractivity contribution in [1.29, 1.82) is 0 Å². The topological polar surface area (TPSA) is 113 Å². The monoisotopic (exact) mass is 587 g/mol. The lowest BCUT2D eigenvalue weighted by Gasteiger charge is -2.35. The maximum Gasteiger partial charge on any atom is 0.344 e. The molecule has 42 heavy (non-hydrogen) atoms. The zero-order chi connectivity index (χ0) is 29.8. The Bertz CT molecular complexity index is 1880. The Kier molecular flexibility index (Phi) is 6.69. The Hall–Kier alpha value is -4.76. The van der Waals surface area contributed by atoms with Crippen molar-refractivity contribution < 1.29 is 33.0 Å². The first kappa shape index (κ1) is 27.4. The fourth-order valence-corrected chi connectivity index (χ4v) is 5.89. The van der Waals surface area contributed by atoms with Crippen LogP contribution in [0.1, 0.15) is 23.7 Å². The van der Waals surface area contributed by atoms with Crippen molar-refractivity contribution in [3.05, 3.63) is 87.4 Å². The summed E-state index contributed by atoms with van der Waals surface area (Å²) in [6, 6.07) is 15.8. The van der Waals surface area contributed by atoms with Gasteiger partial charge in [-0.1, -0.05) is 42.8 Å². The first-order valence-electron chi connectivity index (χ1n) is 13.1. The van der Waals surface area contributed by atoms with Gasteiger partial charge in [0.2, 0.25) is 17.2 Å². The van der Waals surface area contributed by atoms with E-state index in [1.54, 1.807) is 43.3 Å². The number of ketones is 2. The maximum absolute atomic E-state index is 13.8. The number of methoxy groups -OCH3 is 3. The standard InChI is InChI=1S/C32H26ClNO8/c1-16-11-19(14-26(35)32(16)30(36)27-24(39-3)15-25(40-4)28(33)29(27)42-32)34-21-13-17(9-10-23(21)38-2)20-12-18-7-5-6-8-22(18)41-31(20)37/h5-10,12-16,34H,11H2,1-4H3/t16-,32+/m1/s1. The Morgan fingerprint density at radius 1 is 0.929 bits per heavy atom. The number of benzene rings is 3. The van der Waals surface area contributed by atoms with E-state index in [0.29, 0.717) is 33.8 Å². The molecular weight excluding hydrogens is 562 g/mol. The first-order chi connectivity index (χ1) is 20.2. The number of hydrogen-bond acceptors (Lipinski definition) is 9. The molecule has 1 aromatic heterocycles. The zero-order valence-electron chi connectivity index (χ0n) is 23.2. The van der Waals surface area contributed by atoms with Crippen LogP contribution in [0, 0.1) is 5.92 Å². The number of rotatable bonds is 6. The van der Waals surface area contributed by atoms with Gasteiger partial charge in [0.15, 0.2) is 5.75 Å². The summed E-state index contributed by atoms with van der Waals surface area (Å²) in [6.45, 7) is 1.77. The molecule has 2 heterocycles. The summed E-state index contributed by atoms with van der Waals surface area (Å²) in [7, 11) is 4.37. The number of halogens is 1. The van der Waals surface area contributed by atoms with Crippen LogP contribution in [-0.2, 0) is 4.79 Å². The predicted octanol–water partition coefficient (Wildman–Crippen LogP) is 6.06. The van der Waals surface area contributed by atoms with Gasteiger partial charge in [-0.2, -0.15) is 0 Å². The molecule has 1 spiro atoms. The summed E-state index contributed by atoms with van der Waals surface area (Å²) in [5.74, 6) is -0.604. The maximum atomic E-state index is 13.8. The molecule has 0 saturated heterocycles. The van der Waals surface area contributed by atoms with Crippen LogP contribution in [0.4, 0.5) is 5.69 Å². The number of para-hydroxylation sites is 1. The lowest BCUT2D eigenvalue weighted by Crippen LogP contribution is -2.55. The highest BCUT2D eigenvalue weighted by atomic mass is 35.5. The number of carbonyl (C=O) groups is 2. The number of Topliss-reactive ketones (excluding diaryl/α,β-unsaturated/α-hetero) is 1. The molecule has 0 saturated carbocycles. The van der Waals surface area contributed by atoms with Gasteiger partial charge in [0.05, 0.1) is 32.6 Å². The molecule has 2 aliphatic rings. The highest BCUT2D eigenvalue weighted by Crippen LogP contribution is 2.53. The van der Waals surface area contributed by atoms with Gasteiger partial charge in [-0.05, 0) is 36.2 Å². The smallest absolute Gasteiger partial charge is 0.344 e. The lowest BCUT2D eigenvalue weighted by atomic mass is 9.74. The molecular formula is C32H26ClNO8. The number of carbonyl (C=O) groups excluding carboxylic acids is 2. The van der Waals surface area contributed by atoms with Crippen LogP contribution in [-0.4, -0.2) is 38.5 Å². The molecule has 4 aromatic rings. The highest BCUT2D eigenvalue weighted by Gasteiger charge is 2.60. The first-order valence-corrected chi connectivity index (χ1v) is 13.5. The Morgan fingerprint density at radius 2 is 1.67 bits per heavy atom. The second-order valence-corrected chi connectivity index (χ2v) is 10.5. The van der Waals surface area contributed by atoms with E-state index in [4.69, 9.17) is 35.0 Å². The van der Waals surface area contributed by atoms with E-state index >= 15 is 0 Å². The SMILES string of the molecule is COc1ccc(-c2cc3ccccc3oc2=O)cc1NC1=CC(=O)[C@@]2(Oc3c(Cl)c(OC)cc(OC)c3C2=O)[C@H](C)C1. The summed E-state index contributed by atoms with van der Waals surface area (Å²) >= 11 is 6.48. The van der Waals surface area contributed by atoms with Crippen molar-refractivity contribution in [3.63, 3.8) is 0 Å². The molecule has 0 fully saturated rings. The summed E-state index contributed by atoms with van der Waals surface area (Å²) in [6.07, 6.45) is 1.64. The van der Waals surface area contributed by atoms with Crippen LogP contribution in [0.3, 0.4) is 0 Å². The average molecular weight is 588 g/mol. The van der Waals surface area contributed by atoms with E-state index in [-0.39, 0.29) is 34.3 Å². The second kappa shape index (κ2) is 10.3. The fraction of sp³-hybridized carbons (Fsp3) is 0.219.